The van der Waals surface area contributed by atoms with E-state index in [-0.39, 0.29) is 11.7 Å². The highest BCUT2D eigenvalue weighted by Gasteiger charge is 2.37. The molecule has 1 heterocycles. The van der Waals surface area contributed by atoms with Crippen LogP contribution in [0.2, 0.25) is 0 Å². The van der Waals surface area contributed by atoms with Gasteiger partial charge in [-0.05, 0) is 35.6 Å². The van der Waals surface area contributed by atoms with Gasteiger partial charge in [-0.1, -0.05) is 92.7 Å². The van der Waals surface area contributed by atoms with Crippen LogP contribution in [0.5, 0.6) is 0 Å². The van der Waals surface area contributed by atoms with Gasteiger partial charge in [0, 0.05) is 26.6 Å². The Balaban J connectivity index is 1.78. The Labute approximate surface area is 213 Å². The van der Waals surface area contributed by atoms with Gasteiger partial charge in [-0.15, -0.1) is 0 Å². The lowest BCUT2D eigenvalue weighted by atomic mass is 9.79. The van der Waals surface area contributed by atoms with Crippen LogP contribution in [0.4, 0.5) is 4.79 Å². The molecule has 0 radical (unpaired) electrons. The smallest absolute Gasteiger partial charge is 0.333 e. The van der Waals surface area contributed by atoms with Crippen molar-refractivity contribution >= 4 is 23.9 Å². The standard InChI is InChI=1S/C30H34N2O4/c1-30(2,21-13-18-24-27(33)31(3)29(35)32(4)28(24)34)25-19-11-10-17-23(25)26(36-5)20-12-9-16-22-14-7-6-8-15-22/h6-11,13-19,21,26H,12,20H2,1-5H3/b16-9+,21-13+. The second-order valence-electron chi connectivity index (χ2n) is 9.37. The highest BCUT2D eigenvalue weighted by atomic mass is 16.5. The molecule has 1 atom stereocenters. The largest absolute Gasteiger partial charge is 0.377 e. The van der Waals surface area contributed by atoms with Crippen molar-refractivity contribution in [1.29, 1.82) is 0 Å². The fourth-order valence-electron chi connectivity index (χ4n) is 4.26. The minimum absolute atomic E-state index is 0.0418. The number of imide groups is 2. The average molecular weight is 487 g/mol. The van der Waals surface area contributed by atoms with Gasteiger partial charge in [0.15, 0.2) is 0 Å². The Morgan fingerprint density at radius 2 is 1.53 bits per heavy atom. The molecule has 0 bridgehead atoms. The molecule has 1 saturated heterocycles. The second kappa shape index (κ2) is 11.8. The zero-order chi connectivity index (χ0) is 26.3. The van der Waals surface area contributed by atoms with E-state index < -0.39 is 23.3 Å². The molecule has 1 unspecified atom stereocenters. The number of carbonyl (C=O) groups is 3. The molecule has 1 aliphatic rings. The Morgan fingerprint density at radius 1 is 0.917 bits per heavy atom. The average Bonchev–Trinajstić information content (AvgIpc) is 2.89. The monoisotopic (exact) mass is 486 g/mol. The van der Waals surface area contributed by atoms with Gasteiger partial charge in [-0.2, -0.15) is 0 Å². The number of benzene rings is 2. The first-order chi connectivity index (χ1) is 17.2. The summed E-state index contributed by atoms with van der Waals surface area (Å²) in [6.07, 6.45) is 11.1. The summed E-state index contributed by atoms with van der Waals surface area (Å²) >= 11 is 0. The van der Waals surface area contributed by atoms with Gasteiger partial charge in [0.25, 0.3) is 11.8 Å². The minimum atomic E-state index is -0.635. The molecule has 0 saturated carbocycles. The molecular formula is C30H34N2O4. The Hall–Kier alpha value is -3.77. The van der Waals surface area contributed by atoms with Gasteiger partial charge in [-0.25, -0.2) is 4.79 Å². The van der Waals surface area contributed by atoms with Crippen LogP contribution in [0, 0.1) is 0 Å². The molecule has 188 valence electrons. The topological polar surface area (TPSA) is 66.9 Å². The first-order valence-corrected chi connectivity index (χ1v) is 12.0. The van der Waals surface area contributed by atoms with Gasteiger partial charge in [-0.3, -0.25) is 19.4 Å². The van der Waals surface area contributed by atoms with Crippen molar-refractivity contribution in [2.24, 2.45) is 0 Å². The molecular weight excluding hydrogens is 452 g/mol. The van der Waals surface area contributed by atoms with Crippen molar-refractivity contribution < 1.29 is 19.1 Å². The third-order valence-corrected chi connectivity index (χ3v) is 6.41. The maximum atomic E-state index is 12.4. The number of hydrogen-bond donors (Lipinski definition) is 0. The lowest BCUT2D eigenvalue weighted by Gasteiger charge is -2.29. The van der Waals surface area contributed by atoms with Crippen molar-refractivity contribution in [3.8, 4) is 0 Å². The molecule has 1 fully saturated rings. The van der Waals surface area contributed by atoms with E-state index in [1.54, 1.807) is 13.2 Å². The van der Waals surface area contributed by atoms with Crippen molar-refractivity contribution in [3.63, 3.8) is 0 Å². The van der Waals surface area contributed by atoms with Gasteiger partial charge < -0.3 is 4.74 Å². The summed E-state index contributed by atoms with van der Waals surface area (Å²) in [5, 5.41) is 0. The lowest BCUT2D eigenvalue weighted by Crippen LogP contribution is -2.52. The molecule has 2 aromatic rings. The van der Waals surface area contributed by atoms with E-state index in [4.69, 9.17) is 4.74 Å². The molecule has 6 nitrogen and oxygen atoms in total. The first-order valence-electron chi connectivity index (χ1n) is 12.0. The van der Waals surface area contributed by atoms with Crippen LogP contribution in [-0.2, 0) is 19.7 Å². The maximum absolute atomic E-state index is 12.4. The SMILES string of the molecule is COC(CC/C=C/c1ccccc1)c1ccccc1C(C)(C)/C=C/C=C1C(=O)N(C)C(=O)N(C)C1=O. The minimum Gasteiger partial charge on any atom is -0.377 e. The number of carbonyl (C=O) groups excluding carboxylic acids is 3. The molecule has 0 spiro atoms. The molecule has 3 rings (SSSR count). The number of hydrogen-bond acceptors (Lipinski definition) is 4. The number of methoxy groups -OCH3 is 1. The van der Waals surface area contributed by atoms with Crippen LogP contribution in [0.25, 0.3) is 6.08 Å². The van der Waals surface area contributed by atoms with E-state index in [0.717, 1.165) is 33.8 Å². The Morgan fingerprint density at radius 3 is 2.17 bits per heavy atom. The van der Waals surface area contributed by atoms with Crippen LogP contribution in [0.3, 0.4) is 0 Å². The van der Waals surface area contributed by atoms with Crippen molar-refractivity contribution in [3.05, 3.63) is 101 Å². The highest BCUT2D eigenvalue weighted by molar-refractivity contribution is 6.28. The van der Waals surface area contributed by atoms with Gasteiger partial charge in [0.05, 0.1) is 6.10 Å². The lowest BCUT2D eigenvalue weighted by molar-refractivity contribution is -0.134. The Bertz CT molecular complexity index is 1170. The number of barbiturate groups is 1. The predicted molar refractivity (Wildman–Crippen MR) is 142 cm³/mol. The first kappa shape index (κ1) is 26.8. The number of nitrogens with zero attached hydrogens (tertiary/aromatic N) is 2. The molecule has 2 aromatic carbocycles. The van der Waals surface area contributed by atoms with Crippen LogP contribution in [0.1, 0.15) is 49.5 Å². The van der Waals surface area contributed by atoms with Crippen molar-refractivity contribution in [2.75, 3.05) is 21.2 Å². The Kier molecular flexibility index (Phi) is 8.78. The number of urea groups is 1. The van der Waals surface area contributed by atoms with Crippen LogP contribution in [0.15, 0.2) is 84.5 Å². The highest BCUT2D eigenvalue weighted by Crippen LogP contribution is 2.34. The number of ether oxygens (including phenoxy) is 1. The van der Waals surface area contributed by atoms with E-state index in [0.29, 0.717) is 0 Å². The fraction of sp³-hybridized carbons (Fsp3) is 0.300. The zero-order valence-electron chi connectivity index (χ0n) is 21.6. The third-order valence-electron chi connectivity index (χ3n) is 6.41. The quantitative estimate of drug-likeness (QED) is 0.338. The van der Waals surface area contributed by atoms with Crippen LogP contribution < -0.4 is 0 Å². The van der Waals surface area contributed by atoms with Crippen LogP contribution in [-0.4, -0.2) is 48.9 Å². The van der Waals surface area contributed by atoms with Gasteiger partial charge in [0.1, 0.15) is 5.57 Å². The number of likely N-dealkylation sites (N-methyl/N-ethyl adjacent to an activating group) is 2. The van der Waals surface area contributed by atoms with Crippen molar-refractivity contribution in [1.82, 2.24) is 9.80 Å². The second-order valence-corrected chi connectivity index (χ2v) is 9.37. The molecule has 4 amide bonds. The fourth-order valence-corrected chi connectivity index (χ4v) is 4.26. The van der Waals surface area contributed by atoms with Gasteiger partial charge in [0.2, 0.25) is 0 Å². The number of rotatable bonds is 9. The number of amides is 4. The molecule has 1 aliphatic heterocycles. The summed E-state index contributed by atoms with van der Waals surface area (Å²) < 4.78 is 5.88. The van der Waals surface area contributed by atoms with E-state index >= 15 is 0 Å². The van der Waals surface area contributed by atoms with Gasteiger partial charge >= 0.3 is 6.03 Å². The maximum Gasteiger partial charge on any atom is 0.333 e. The van der Waals surface area contributed by atoms with E-state index in [1.165, 1.54) is 25.7 Å². The third kappa shape index (κ3) is 6.07. The molecule has 6 heteroatoms. The summed E-state index contributed by atoms with van der Waals surface area (Å²) in [7, 11) is 4.46. The summed E-state index contributed by atoms with van der Waals surface area (Å²) in [5.41, 5.74) is 2.93. The van der Waals surface area contributed by atoms with E-state index in [1.807, 2.05) is 36.4 Å². The normalized spacial score (nSPS) is 15.9. The van der Waals surface area contributed by atoms with E-state index in [2.05, 4.69) is 50.3 Å². The molecule has 36 heavy (non-hydrogen) atoms. The summed E-state index contributed by atoms with van der Waals surface area (Å²) in [4.78, 5) is 38.7. The van der Waals surface area contributed by atoms with E-state index in [9.17, 15) is 14.4 Å². The molecule has 0 N–H and O–H groups in total. The summed E-state index contributed by atoms with van der Waals surface area (Å²) in [6, 6.07) is 17.7. The molecule has 0 aliphatic carbocycles. The summed E-state index contributed by atoms with van der Waals surface area (Å²) in [5.74, 6) is -1.21. The zero-order valence-corrected chi connectivity index (χ0v) is 21.6. The van der Waals surface area contributed by atoms with Crippen molar-refractivity contribution in [2.45, 2.75) is 38.2 Å². The summed E-state index contributed by atoms with van der Waals surface area (Å²) in [6.45, 7) is 4.16. The predicted octanol–water partition coefficient (Wildman–Crippen LogP) is 5.68. The number of allylic oxidation sites excluding steroid dienone is 4. The van der Waals surface area contributed by atoms with Crippen LogP contribution >= 0.6 is 0 Å². The molecule has 0 aromatic heterocycles.